The summed E-state index contributed by atoms with van der Waals surface area (Å²) in [5, 5.41) is 1.83. The van der Waals surface area contributed by atoms with Crippen molar-refractivity contribution >= 4 is 30.6 Å². The number of sulfonamides is 1. The molecule has 0 N–H and O–H groups in total. The number of benzene rings is 2. The summed E-state index contributed by atoms with van der Waals surface area (Å²) < 4.78 is 51.1. The van der Waals surface area contributed by atoms with Crippen molar-refractivity contribution in [2.75, 3.05) is 18.1 Å². The lowest BCUT2D eigenvalue weighted by molar-refractivity contribution is 0.340. The molecule has 0 amide bonds. The fourth-order valence-electron chi connectivity index (χ4n) is 3.19. The van der Waals surface area contributed by atoms with Gasteiger partial charge in [-0.2, -0.15) is 4.31 Å². The monoisotopic (exact) mass is 367 g/mol. The first-order chi connectivity index (χ1) is 11.3. The Morgan fingerprint density at radius 2 is 1.83 bits per heavy atom. The van der Waals surface area contributed by atoms with Gasteiger partial charge in [-0.05, 0) is 35.7 Å². The first-order valence-electron chi connectivity index (χ1n) is 8.04. The zero-order valence-electron chi connectivity index (χ0n) is 13.6. The van der Waals surface area contributed by atoms with Gasteiger partial charge in [0.25, 0.3) is 0 Å². The van der Waals surface area contributed by atoms with Gasteiger partial charge in [0.05, 0.1) is 16.4 Å². The molecular formula is C17H21NO4S2. The second-order valence-electron chi connectivity index (χ2n) is 6.18. The van der Waals surface area contributed by atoms with Crippen LogP contribution in [-0.2, 0) is 19.9 Å². The van der Waals surface area contributed by atoms with E-state index in [0.717, 1.165) is 10.8 Å². The predicted octanol–water partition coefficient (Wildman–Crippen LogP) is 2.43. The molecule has 2 aromatic rings. The average molecular weight is 367 g/mol. The van der Waals surface area contributed by atoms with Gasteiger partial charge >= 0.3 is 0 Å². The van der Waals surface area contributed by atoms with Crippen LogP contribution in [0, 0.1) is 0 Å². The highest BCUT2D eigenvalue weighted by Gasteiger charge is 2.38. The van der Waals surface area contributed by atoms with Gasteiger partial charge in [0.1, 0.15) is 0 Å². The Balaban J connectivity index is 2.01. The Hall–Kier alpha value is -1.44. The SMILES string of the molecule is CCCN(C1CCS(=O)(=O)C1)S(=O)(=O)c1ccc2ccccc2c1. The molecule has 130 valence electrons. The fraction of sp³-hybridized carbons (Fsp3) is 0.412. The van der Waals surface area contributed by atoms with E-state index in [0.29, 0.717) is 19.4 Å². The Kier molecular flexibility index (Phi) is 4.68. The molecule has 1 aliphatic rings. The van der Waals surface area contributed by atoms with E-state index in [4.69, 9.17) is 0 Å². The molecule has 1 fully saturated rings. The average Bonchev–Trinajstić information content (AvgIpc) is 2.91. The molecule has 0 aliphatic carbocycles. The summed E-state index contributed by atoms with van der Waals surface area (Å²) in [5.41, 5.74) is 0. The molecular weight excluding hydrogens is 346 g/mol. The summed E-state index contributed by atoms with van der Waals surface area (Å²) in [6, 6.07) is 12.2. The molecule has 1 atom stereocenters. The molecule has 0 saturated carbocycles. The summed E-state index contributed by atoms with van der Waals surface area (Å²) in [5.74, 6) is -0.0229. The predicted molar refractivity (Wildman–Crippen MR) is 95.2 cm³/mol. The molecule has 3 rings (SSSR count). The Labute approximate surface area is 143 Å². The summed E-state index contributed by atoms with van der Waals surface area (Å²) in [6.07, 6.45) is 1.01. The van der Waals surface area contributed by atoms with E-state index in [1.165, 1.54) is 4.31 Å². The first kappa shape index (κ1) is 17.4. The summed E-state index contributed by atoms with van der Waals surface area (Å²) in [4.78, 5) is 0.221. The second-order valence-corrected chi connectivity index (χ2v) is 10.3. The smallest absolute Gasteiger partial charge is 0.229 e. The van der Waals surface area contributed by atoms with Gasteiger partial charge < -0.3 is 0 Å². The maximum atomic E-state index is 13.1. The lowest BCUT2D eigenvalue weighted by Crippen LogP contribution is -2.41. The number of hydrogen-bond donors (Lipinski definition) is 0. The summed E-state index contributed by atoms with van der Waals surface area (Å²) in [7, 11) is -6.86. The van der Waals surface area contributed by atoms with Crippen molar-refractivity contribution in [3.8, 4) is 0 Å². The summed E-state index contributed by atoms with van der Waals surface area (Å²) >= 11 is 0. The van der Waals surface area contributed by atoms with Crippen LogP contribution < -0.4 is 0 Å². The van der Waals surface area contributed by atoms with Gasteiger partial charge in [-0.1, -0.05) is 37.3 Å². The Morgan fingerprint density at radius 3 is 2.46 bits per heavy atom. The molecule has 0 spiro atoms. The summed E-state index contributed by atoms with van der Waals surface area (Å²) in [6.45, 7) is 2.22. The molecule has 0 aromatic heterocycles. The number of fused-ring (bicyclic) bond motifs is 1. The number of sulfone groups is 1. The van der Waals surface area contributed by atoms with Crippen LogP contribution in [0.2, 0.25) is 0 Å². The normalized spacial score (nSPS) is 20.7. The van der Waals surface area contributed by atoms with E-state index in [1.54, 1.807) is 18.2 Å². The zero-order chi connectivity index (χ0) is 17.4. The number of nitrogens with zero attached hydrogens (tertiary/aromatic N) is 1. The Morgan fingerprint density at radius 1 is 1.12 bits per heavy atom. The molecule has 1 saturated heterocycles. The molecule has 2 aromatic carbocycles. The third-order valence-electron chi connectivity index (χ3n) is 4.39. The largest absolute Gasteiger partial charge is 0.243 e. The lowest BCUT2D eigenvalue weighted by Gasteiger charge is -2.27. The van der Waals surface area contributed by atoms with Gasteiger partial charge in [0, 0.05) is 12.6 Å². The highest BCUT2D eigenvalue weighted by atomic mass is 32.2. The number of rotatable bonds is 5. The fourth-order valence-corrected chi connectivity index (χ4v) is 6.79. The molecule has 7 heteroatoms. The number of hydrogen-bond acceptors (Lipinski definition) is 4. The third-order valence-corrected chi connectivity index (χ3v) is 8.09. The minimum atomic E-state index is -3.72. The van der Waals surface area contributed by atoms with Crippen molar-refractivity contribution in [1.29, 1.82) is 0 Å². The van der Waals surface area contributed by atoms with E-state index in [-0.39, 0.29) is 16.4 Å². The van der Waals surface area contributed by atoms with E-state index in [1.807, 2.05) is 31.2 Å². The van der Waals surface area contributed by atoms with Crippen LogP contribution >= 0.6 is 0 Å². The molecule has 0 radical (unpaired) electrons. The van der Waals surface area contributed by atoms with Crippen molar-refractivity contribution in [1.82, 2.24) is 4.31 Å². The molecule has 1 heterocycles. The minimum absolute atomic E-state index is 0.0606. The van der Waals surface area contributed by atoms with Crippen molar-refractivity contribution in [2.24, 2.45) is 0 Å². The molecule has 0 bridgehead atoms. The van der Waals surface area contributed by atoms with Crippen LogP contribution in [0.4, 0.5) is 0 Å². The van der Waals surface area contributed by atoms with E-state index < -0.39 is 25.9 Å². The van der Waals surface area contributed by atoms with E-state index in [9.17, 15) is 16.8 Å². The van der Waals surface area contributed by atoms with Crippen LogP contribution in [0.3, 0.4) is 0 Å². The van der Waals surface area contributed by atoms with E-state index >= 15 is 0 Å². The molecule has 1 unspecified atom stereocenters. The van der Waals surface area contributed by atoms with Crippen LogP contribution in [0.5, 0.6) is 0 Å². The van der Waals surface area contributed by atoms with Crippen LogP contribution in [0.15, 0.2) is 47.4 Å². The second kappa shape index (κ2) is 6.46. The standard InChI is InChI=1S/C17H21NO4S2/c1-2-10-18(16-9-11-23(19,20)13-16)24(21,22)17-8-7-14-5-3-4-6-15(14)12-17/h3-8,12,16H,2,9-11,13H2,1H3. The van der Waals surface area contributed by atoms with Gasteiger partial charge in [-0.15, -0.1) is 0 Å². The molecule has 1 aliphatic heterocycles. The molecule has 5 nitrogen and oxygen atoms in total. The van der Waals surface area contributed by atoms with Crippen LogP contribution in [0.25, 0.3) is 10.8 Å². The zero-order valence-corrected chi connectivity index (χ0v) is 15.2. The quantitative estimate of drug-likeness (QED) is 0.814. The lowest BCUT2D eigenvalue weighted by atomic mass is 10.1. The van der Waals surface area contributed by atoms with Gasteiger partial charge in [-0.3, -0.25) is 0 Å². The van der Waals surface area contributed by atoms with Crippen LogP contribution in [0.1, 0.15) is 19.8 Å². The maximum absolute atomic E-state index is 13.1. The first-order valence-corrected chi connectivity index (χ1v) is 11.3. The van der Waals surface area contributed by atoms with Gasteiger partial charge in [-0.25, -0.2) is 16.8 Å². The third kappa shape index (κ3) is 3.34. The van der Waals surface area contributed by atoms with E-state index in [2.05, 4.69) is 0 Å². The van der Waals surface area contributed by atoms with Crippen molar-refractivity contribution in [2.45, 2.75) is 30.7 Å². The van der Waals surface area contributed by atoms with Gasteiger partial charge in [0.2, 0.25) is 10.0 Å². The highest BCUT2D eigenvalue weighted by Crippen LogP contribution is 2.27. The van der Waals surface area contributed by atoms with Crippen molar-refractivity contribution < 1.29 is 16.8 Å². The van der Waals surface area contributed by atoms with Crippen molar-refractivity contribution in [3.63, 3.8) is 0 Å². The minimum Gasteiger partial charge on any atom is -0.229 e. The van der Waals surface area contributed by atoms with Gasteiger partial charge in [0.15, 0.2) is 9.84 Å². The van der Waals surface area contributed by atoms with Crippen molar-refractivity contribution in [3.05, 3.63) is 42.5 Å². The topological polar surface area (TPSA) is 71.5 Å². The molecule has 24 heavy (non-hydrogen) atoms. The van der Waals surface area contributed by atoms with Crippen LogP contribution in [-0.4, -0.2) is 45.2 Å². The Bertz CT molecular complexity index is 951. The maximum Gasteiger partial charge on any atom is 0.243 e. The highest BCUT2D eigenvalue weighted by molar-refractivity contribution is 7.92.